The number of nitrogen functional groups attached to an aromatic ring is 1. The lowest BCUT2D eigenvalue weighted by atomic mass is 10.1. The normalized spacial score (nSPS) is 11.9. The van der Waals surface area contributed by atoms with Gasteiger partial charge in [-0.15, -0.1) is 0 Å². The maximum absolute atomic E-state index is 13.2. The predicted octanol–water partition coefficient (Wildman–Crippen LogP) is 1.64. The minimum atomic E-state index is -0.862. The van der Waals surface area contributed by atoms with Crippen molar-refractivity contribution in [3.05, 3.63) is 29.6 Å². The largest absolute Gasteiger partial charge is 0.481 e. The first-order valence-corrected chi connectivity index (χ1v) is 5.95. The summed E-state index contributed by atoms with van der Waals surface area (Å²) < 4.78 is 13.2. The van der Waals surface area contributed by atoms with Crippen molar-refractivity contribution < 1.29 is 19.1 Å². The predicted molar refractivity (Wildman–Crippen MR) is 69.2 cm³/mol. The highest BCUT2D eigenvalue weighted by atomic mass is 19.1. The fraction of sp³-hybridized carbons (Fsp3) is 0.385. The lowest BCUT2D eigenvalue weighted by molar-refractivity contribution is -0.137. The Kier molecular flexibility index (Phi) is 5.29. The average molecular weight is 268 g/mol. The number of carbonyl (C=O) groups excluding carboxylic acids is 1. The first-order chi connectivity index (χ1) is 8.90. The second kappa shape index (κ2) is 6.72. The molecule has 0 aliphatic rings. The van der Waals surface area contributed by atoms with Gasteiger partial charge in [0.25, 0.3) is 5.91 Å². The quantitative estimate of drug-likeness (QED) is 0.684. The van der Waals surface area contributed by atoms with Crippen LogP contribution in [-0.2, 0) is 4.79 Å². The summed E-state index contributed by atoms with van der Waals surface area (Å²) in [5.74, 6) is -1.86. The molecule has 1 unspecified atom stereocenters. The van der Waals surface area contributed by atoms with Crippen LogP contribution in [0.15, 0.2) is 18.2 Å². The fourth-order valence-electron chi connectivity index (χ4n) is 1.51. The summed E-state index contributed by atoms with van der Waals surface area (Å²) in [4.78, 5) is 22.1. The van der Waals surface area contributed by atoms with Gasteiger partial charge in [-0.2, -0.15) is 0 Å². The Hall–Kier alpha value is -2.11. The number of amides is 1. The molecule has 0 aliphatic heterocycles. The summed E-state index contributed by atoms with van der Waals surface area (Å²) in [7, 11) is 0. The van der Waals surface area contributed by atoms with Crippen LogP contribution in [0.4, 0.5) is 10.1 Å². The van der Waals surface area contributed by atoms with Crippen molar-refractivity contribution >= 4 is 17.6 Å². The Morgan fingerprint density at radius 3 is 2.74 bits per heavy atom. The number of rotatable bonds is 6. The van der Waals surface area contributed by atoms with Crippen LogP contribution in [0.1, 0.15) is 30.1 Å². The molecule has 0 fully saturated rings. The van der Waals surface area contributed by atoms with Gasteiger partial charge in [0, 0.05) is 18.5 Å². The van der Waals surface area contributed by atoms with E-state index in [1.54, 1.807) is 0 Å². The van der Waals surface area contributed by atoms with E-state index in [0.29, 0.717) is 13.0 Å². The number of nitrogens with two attached hydrogens (primary N) is 1. The SMILES string of the molecule is CC(CCC(=O)O)CNC(=O)c1ccc(N)c(F)c1. The summed E-state index contributed by atoms with van der Waals surface area (Å²) in [6, 6.07) is 3.85. The van der Waals surface area contributed by atoms with Crippen molar-refractivity contribution in [1.29, 1.82) is 0 Å². The number of carbonyl (C=O) groups is 2. The number of carboxylic acid groups (broad SMARTS) is 1. The molecule has 0 bridgehead atoms. The number of halogens is 1. The van der Waals surface area contributed by atoms with E-state index >= 15 is 0 Å². The van der Waals surface area contributed by atoms with Crippen molar-refractivity contribution in [1.82, 2.24) is 5.32 Å². The second-order valence-corrected chi connectivity index (χ2v) is 4.48. The molecule has 104 valence electrons. The number of aliphatic carboxylic acids is 1. The molecule has 1 aromatic rings. The number of carboxylic acids is 1. The minimum Gasteiger partial charge on any atom is -0.481 e. The van der Waals surface area contributed by atoms with E-state index in [1.807, 2.05) is 6.92 Å². The van der Waals surface area contributed by atoms with E-state index < -0.39 is 17.7 Å². The van der Waals surface area contributed by atoms with Gasteiger partial charge in [0.1, 0.15) is 5.82 Å². The molecule has 19 heavy (non-hydrogen) atoms. The van der Waals surface area contributed by atoms with Crippen LogP contribution in [-0.4, -0.2) is 23.5 Å². The molecule has 0 spiro atoms. The molecular formula is C13H17FN2O3. The number of hydrogen-bond donors (Lipinski definition) is 3. The van der Waals surface area contributed by atoms with Crippen molar-refractivity contribution in [2.24, 2.45) is 5.92 Å². The Bertz CT molecular complexity index is 477. The molecule has 0 aliphatic carbocycles. The fourth-order valence-corrected chi connectivity index (χ4v) is 1.51. The summed E-state index contributed by atoms with van der Waals surface area (Å²) >= 11 is 0. The molecule has 0 saturated carbocycles. The van der Waals surface area contributed by atoms with Crippen LogP contribution in [0.3, 0.4) is 0 Å². The molecule has 1 aromatic carbocycles. The van der Waals surface area contributed by atoms with Crippen molar-refractivity contribution in [2.75, 3.05) is 12.3 Å². The van der Waals surface area contributed by atoms with Gasteiger partial charge in [-0.05, 0) is 30.5 Å². The van der Waals surface area contributed by atoms with Gasteiger partial charge in [-0.25, -0.2) is 4.39 Å². The minimum absolute atomic E-state index is 0.00798. The number of hydrogen-bond acceptors (Lipinski definition) is 3. The number of anilines is 1. The Labute approximate surface area is 110 Å². The summed E-state index contributed by atoms with van der Waals surface area (Å²) in [5.41, 5.74) is 5.50. The molecule has 0 radical (unpaired) electrons. The maximum atomic E-state index is 13.2. The first kappa shape index (κ1) is 14.9. The molecule has 0 aromatic heterocycles. The Morgan fingerprint density at radius 2 is 2.16 bits per heavy atom. The lowest BCUT2D eigenvalue weighted by Crippen LogP contribution is -2.28. The monoisotopic (exact) mass is 268 g/mol. The molecule has 5 nitrogen and oxygen atoms in total. The summed E-state index contributed by atoms with van der Waals surface area (Å²) in [6.07, 6.45) is 0.541. The zero-order valence-corrected chi connectivity index (χ0v) is 10.6. The van der Waals surface area contributed by atoms with Crippen molar-refractivity contribution in [3.63, 3.8) is 0 Å². The number of benzene rings is 1. The highest BCUT2D eigenvalue weighted by Crippen LogP contribution is 2.12. The van der Waals surface area contributed by atoms with E-state index in [-0.39, 0.29) is 23.6 Å². The molecule has 0 saturated heterocycles. The van der Waals surface area contributed by atoms with Crippen LogP contribution < -0.4 is 11.1 Å². The van der Waals surface area contributed by atoms with Crippen LogP contribution in [0.5, 0.6) is 0 Å². The van der Waals surface area contributed by atoms with Crippen LogP contribution in [0.25, 0.3) is 0 Å². The van der Waals surface area contributed by atoms with E-state index in [1.165, 1.54) is 12.1 Å². The third-order valence-electron chi connectivity index (χ3n) is 2.72. The Morgan fingerprint density at radius 1 is 1.47 bits per heavy atom. The Balaban J connectivity index is 2.46. The van der Waals surface area contributed by atoms with Crippen LogP contribution in [0.2, 0.25) is 0 Å². The van der Waals surface area contributed by atoms with Crippen LogP contribution >= 0.6 is 0 Å². The van der Waals surface area contributed by atoms with Gasteiger partial charge in [0.2, 0.25) is 0 Å². The van der Waals surface area contributed by atoms with Gasteiger partial charge in [0.05, 0.1) is 5.69 Å². The standard InChI is InChI=1S/C13H17FN2O3/c1-8(2-5-12(17)18)7-16-13(19)9-3-4-11(15)10(14)6-9/h3-4,6,8H,2,5,7,15H2,1H3,(H,16,19)(H,17,18). The first-order valence-electron chi connectivity index (χ1n) is 5.95. The lowest BCUT2D eigenvalue weighted by Gasteiger charge is -2.11. The van der Waals surface area contributed by atoms with Gasteiger partial charge in [-0.1, -0.05) is 6.92 Å². The molecule has 6 heteroatoms. The van der Waals surface area contributed by atoms with Gasteiger partial charge in [0.15, 0.2) is 0 Å². The van der Waals surface area contributed by atoms with Crippen molar-refractivity contribution in [2.45, 2.75) is 19.8 Å². The maximum Gasteiger partial charge on any atom is 0.303 e. The van der Waals surface area contributed by atoms with E-state index in [2.05, 4.69) is 5.32 Å². The average Bonchev–Trinajstić information content (AvgIpc) is 2.36. The van der Waals surface area contributed by atoms with E-state index in [4.69, 9.17) is 10.8 Å². The van der Waals surface area contributed by atoms with E-state index in [9.17, 15) is 14.0 Å². The topological polar surface area (TPSA) is 92.4 Å². The molecule has 0 heterocycles. The third kappa shape index (κ3) is 4.95. The van der Waals surface area contributed by atoms with Gasteiger partial charge < -0.3 is 16.2 Å². The zero-order valence-electron chi connectivity index (χ0n) is 10.6. The highest BCUT2D eigenvalue weighted by Gasteiger charge is 2.10. The van der Waals surface area contributed by atoms with Gasteiger partial charge in [-0.3, -0.25) is 9.59 Å². The molecule has 1 rings (SSSR count). The molecule has 1 atom stereocenters. The molecule has 4 N–H and O–H groups in total. The van der Waals surface area contributed by atoms with Gasteiger partial charge >= 0.3 is 5.97 Å². The number of nitrogens with one attached hydrogen (secondary N) is 1. The summed E-state index contributed by atoms with van der Waals surface area (Å²) in [6.45, 7) is 2.19. The summed E-state index contributed by atoms with van der Waals surface area (Å²) in [5, 5.41) is 11.2. The molecular weight excluding hydrogens is 251 g/mol. The van der Waals surface area contributed by atoms with Crippen molar-refractivity contribution in [3.8, 4) is 0 Å². The molecule has 1 amide bonds. The third-order valence-corrected chi connectivity index (χ3v) is 2.72. The second-order valence-electron chi connectivity index (χ2n) is 4.48. The highest BCUT2D eigenvalue weighted by molar-refractivity contribution is 5.94. The van der Waals surface area contributed by atoms with E-state index in [0.717, 1.165) is 6.07 Å². The zero-order chi connectivity index (χ0) is 14.4. The van der Waals surface area contributed by atoms with Crippen LogP contribution in [0, 0.1) is 11.7 Å². The smallest absolute Gasteiger partial charge is 0.303 e.